The molecule has 0 saturated heterocycles. The molecule has 0 amide bonds. The lowest BCUT2D eigenvalue weighted by Crippen LogP contribution is -2.38. The summed E-state index contributed by atoms with van der Waals surface area (Å²) in [6, 6.07) is 0. The number of hydrogen-bond donors (Lipinski definition) is 1. The average molecular weight is 110 g/mol. The van der Waals surface area contributed by atoms with E-state index in [2.05, 4.69) is 24.2 Å². The lowest BCUT2D eigenvalue weighted by molar-refractivity contribution is 0.595. The van der Waals surface area contributed by atoms with Crippen LogP contribution in [0.1, 0.15) is 13.8 Å². The Kier molecular flexibility index (Phi) is 1.08. The summed E-state index contributed by atoms with van der Waals surface area (Å²) in [6.07, 6.45) is 5.47. The molecule has 2 nitrogen and oxygen atoms in total. The molecule has 0 spiro atoms. The average Bonchev–Trinajstić information content (AvgIpc) is 1.65. The third-order valence-electron chi connectivity index (χ3n) is 1.01. The lowest BCUT2D eigenvalue weighted by Gasteiger charge is -2.21. The third kappa shape index (κ3) is 1.09. The van der Waals surface area contributed by atoms with Crippen LogP contribution in [0.25, 0.3) is 0 Å². The van der Waals surface area contributed by atoms with E-state index in [1.807, 2.05) is 12.4 Å². The van der Waals surface area contributed by atoms with Crippen molar-refractivity contribution < 1.29 is 0 Å². The number of aliphatic imine (C=N–C) groups is 1. The van der Waals surface area contributed by atoms with Crippen molar-refractivity contribution in [2.24, 2.45) is 4.99 Å². The van der Waals surface area contributed by atoms with Crippen LogP contribution in [0, 0.1) is 0 Å². The van der Waals surface area contributed by atoms with Gasteiger partial charge in [-0.05, 0) is 13.8 Å². The molecule has 1 N–H and O–H groups in total. The molecule has 0 atom stereocenters. The SMILES string of the molecule is CC1(C)C=NC=CN1. The highest BCUT2D eigenvalue weighted by molar-refractivity contribution is 5.70. The van der Waals surface area contributed by atoms with E-state index in [0.717, 1.165) is 0 Å². The molecule has 8 heavy (non-hydrogen) atoms. The van der Waals surface area contributed by atoms with Crippen molar-refractivity contribution >= 4 is 6.21 Å². The second-order valence-electron chi connectivity index (χ2n) is 2.46. The maximum atomic E-state index is 3.96. The topological polar surface area (TPSA) is 24.4 Å². The van der Waals surface area contributed by atoms with Crippen molar-refractivity contribution in [1.29, 1.82) is 0 Å². The van der Waals surface area contributed by atoms with Gasteiger partial charge in [-0.25, -0.2) is 0 Å². The van der Waals surface area contributed by atoms with E-state index in [4.69, 9.17) is 0 Å². The fourth-order valence-corrected chi connectivity index (χ4v) is 0.562. The summed E-state index contributed by atoms with van der Waals surface area (Å²) in [4.78, 5) is 3.96. The van der Waals surface area contributed by atoms with Gasteiger partial charge in [0.2, 0.25) is 0 Å². The maximum absolute atomic E-state index is 3.96. The quantitative estimate of drug-likeness (QED) is 0.492. The zero-order valence-electron chi connectivity index (χ0n) is 5.18. The molecule has 0 aromatic heterocycles. The fourth-order valence-electron chi connectivity index (χ4n) is 0.562. The fraction of sp³-hybridized carbons (Fsp3) is 0.500. The van der Waals surface area contributed by atoms with Gasteiger partial charge in [-0.3, -0.25) is 4.99 Å². The summed E-state index contributed by atoms with van der Waals surface area (Å²) in [5.41, 5.74) is 0.0503. The maximum Gasteiger partial charge on any atom is 0.0665 e. The van der Waals surface area contributed by atoms with E-state index >= 15 is 0 Å². The second kappa shape index (κ2) is 1.62. The molecular formula is C6H10N2. The predicted molar refractivity (Wildman–Crippen MR) is 34.8 cm³/mol. The first kappa shape index (κ1) is 5.35. The van der Waals surface area contributed by atoms with Gasteiger partial charge in [0.05, 0.1) is 5.54 Å². The predicted octanol–water partition coefficient (Wildman–Crippen LogP) is 0.910. The summed E-state index contributed by atoms with van der Waals surface area (Å²) >= 11 is 0. The Bertz CT molecular complexity index is 133. The Morgan fingerprint density at radius 2 is 2.25 bits per heavy atom. The first-order chi connectivity index (χ1) is 3.71. The molecular weight excluding hydrogens is 100 g/mol. The van der Waals surface area contributed by atoms with Gasteiger partial charge in [-0.1, -0.05) is 0 Å². The van der Waals surface area contributed by atoms with Crippen molar-refractivity contribution in [2.75, 3.05) is 0 Å². The standard InChI is InChI=1S/C6H10N2/c1-6(2)5-7-3-4-8-6/h3-5,8H,1-2H3. The summed E-state index contributed by atoms with van der Waals surface area (Å²) in [5, 5.41) is 3.13. The summed E-state index contributed by atoms with van der Waals surface area (Å²) < 4.78 is 0. The zero-order valence-corrected chi connectivity index (χ0v) is 5.18. The van der Waals surface area contributed by atoms with Crippen LogP contribution < -0.4 is 5.32 Å². The highest BCUT2D eigenvalue weighted by Crippen LogP contribution is 2.00. The molecule has 0 unspecified atom stereocenters. The van der Waals surface area contributed by atoms with Gasteiger partial charge in [0.1, 0.15) is 0 Å². The van der Waals surface area contributed by atoms with Crippen molar-refractivity contribution in [3.8, 4) is 0 Å². The van der Waals surface area contributed by atoms with E-state index in [0.29, 0.717) is 0 Å². The molecule has 1 heterocycles. The van der Waals surface area contributed by atoms with Crippen LogP contribution in [0.3, 0.4) is 0 Å². The summed E-state index contributed by atoms with van der Waals surface area (Å²) in [7, 11) is 0. The van der Waals surface area contributed by atoms with Crippen LogP contribution in [-0.2, 0) is 0 Å². The minimum Gasteiger partial charge on any atom is -0.380 e. The number of nitrogens with zero attached hydrogens (tertiary/aromatic N) is 1. The minimum absolute atomic E-state index is 0.0503. The van der Waals surface area contributed by atoms with E-state index in [-0.39, 0.29) is 5.54 Å². The van der Waals surface area contributed by atoms with Crippen molar-refractivity contribution in [3.05, 3.63) is 12.4 Å². The first-order valence-corrected chi connectivity index (χ1v) is 2.68. The third-order valence-corrected chi connectivity index (χ3v) is 1.01. The van der Waals surface area contributed by atoms with E-state index in [1.165, 1.54) is 0 Å². The van der Waals surface area contributed by atoms with Crippen LogP contribution in [0.5, 0.6) is 0 Å². The molecule has 0 saturated carbocycles. The first-order valence-electron chi connectivity index (χ1n) is 2.68. The lowest BCUT2D eigenvalue weighted by atomic mass is 10.1. The van der Waals surface area contributed by atoms with E-state index in [1.54, 1.807) is 6.20 Å². The molecule has 0 aromatic rings. The van der Waals surface area contributed by atoms with E-state index < -0.39 is 0 Å². The molecule has 2 heteroatoms. The van der Waals surface area contributed by atoms with Gasteiger partial charge in [-0.2, -0.15) is 0 Å². The van der Waals surface area contributed by atoms with Crippen LogP contribution >= 0.6 is 0 Å². The van der Waals surface area contributed by atoms with Crippen LogP contribution in [0.4, 0.5) is 0 Å². The molecule has 1 aliphatic heterocycles. The monoisotopic (exact) mass is 110 g/mol. The molecule has 0 bridgehead atoms. The zero-order chi connectivity index (χ0) is 6.04. The summed E-state index contributed by atoms with van der Waals surface area (Å²) in [5.74, 6) is 0. The van der Waals surface area contributed by atoms with Gasteiger partial charge in [0, 0.05) is 18.6 Å². The van der Waals surface area contributed by atoms with Crippen molar-refractivity contribution in [1.82, 2.24) is 5.32 Å². The van der Waals surface area contributed by atoms with Gasteiger partial charge < -0.3 is 5.32 Å². The number of rotatable bonds is 0. The van der Waals surface area contributed by atoms with Crippen molar-refractivity contribution in [3.63, 3.8) is 0 Å². The van der Waals surface area contributed by atoms with Gasteiger partial charge in [0.25, 0.3) is 0 Å². The number of nitrogens with one attached hydrogen (secondary N) is 1. The van der Waals surface area contributed by atoms with Crippen LogP contribution in [0.15, 0.2) is 17.4 Å². The minimum atomic E-state index is 0.0503. The molecule has 44 valence electrons. The summed E-state index contributed by atoms with van der Waals surface area (Å²) in [6.45, 7) is 4.14. The Morgan fingerprint density at radius 1 is 1.50 bits per heavy atom. The van der Waals surface area contributed by atoms with Gasteiger partial charge in [-0.15, -0.1) is 0 Å². The molecule has 0 fully saturated rings. The normalized spacial score (nSPS) is 22.8. The largest absolute Gasteiger partial charge is 0.380 e. The molecule has 0 aromatic carbocycles. The molecule has 0 radical (unpaired) electrons. The van der Waals surface area contributed by atoms with Gasteiger partial charge >= 0.3 is 0 Å². The Hall–Kier alpha value is -0.790. The van der Waals surface area contributed by atoms with Crippen molar-refractivity contribution in [2.45, 2.75) is 19.4 Å². The van der Waals surface area contributed by atoms with Crippen LogP contribution in [-0.4, -0.2) is 11.8 Å². The van der Waals surface area contributed by atoms with Gasteiger partial charge in [0.15, 0.2) is 0 Å². The molecule has 1 rings (SSSR count). The Balaban J connectivity index is 2.65. The van der Waals surface area contributed by atoms with Crippen LogP contribution in [0.2, 0.25) is 0 Å². The van der Waals surface area contributed by atoms with E-state index in [9.17, 15) is 0 Å². The Morgan fingerprint density at radius 3 is 2.50 bits per heavy atom. The molecule has 1 aliphatic rings. The Labute approximate surface area is 49.3 Å². The highest BCUT2D eigenvalue weighted by atomic mass is 15.0. The molecule has 0 aliphatic carbocycles. The number of hydrogen-bond acceptors (Lipinski definition) is 2. The highest BCUT2D eigenvalue weighted by Gasteiger charge is 2.11. The second-order valence-corrected chi connectivity index (χ2v) is 2.46. The smallest absolute Gasteiger partial charge is 0.0665 e.